The topological polar surface area (TPSA) is 45.2 Å². The fraction of sp³-hybridized carbons (Fsp3) is 0.214. The van der Waals surface area contributed by atoms with Gasteiger partial charge in [0.25, 0.3) is 0 Å². The molecule has 3 nitrogen and oxygen atoms in total. The van der Waals surface area contributed by atoms with Crippen molar-refractivity contribution in [2.75, 3.05) is 5.32 Å². The predicted octanol–water partition coefficient (Wildman–Crippen LogP) is 4.00. The van der Waals surface area contributed by atoms with Crippen molar-refractivity contribution in [2.24, 2.45) is 0 Å². The highest BCUT2D eigenvalue weighted by Gasteiger charge is 2.11. The van der Waals surface area contributed by atoms with E-state index in [2.05, 4.69) is 17.2 Å². The zero-order valence-corrected chi connectivity index (χ0v) is 10.9. The molecule has 2 N–H and O–H groups in total. The smallest absolute Gasteiger partial charge is 0.152 e. The van der Waals surface area contributed by atoms with Gasteiger partial charge in [0, 0.05) is 6.20 Å². The molecule has 0 radical (unpaired) electrons. The Balaban J connectivity index is 2.20. The van der Waals surface area contributed by atoms with Gasteiger partial charge in [0.05, 0.1) is 11.7 Å². The number of nitrogens with zero attached hydrogens (tertiary/aromatic N) is 1. The van der Waals surface area contributed by atoms with Crippen LogP contribution in [0.3, 0.4) is 0 Å². The zero-order chi connectivity index (χ0) is 13.0. The quantitative estimate of drug-likeness (QED) is 0.819. The van der Waals surface area contributed by atoms with Crippen LogP contribution >= 0.6 is 11.6 Å². The molecule has 1 aromatic carbocycles. The summed E-state index contributed by atoms with van der Waals surface area (Å²) in [6.45, 7) is 2.09. The van der Waals surface area contributed by atoms with Gasteiger partial charge in [0.2, 0.25) is 0 Å². The van der Waals surface area contributed by atoms with E-state index >= 15 is 0 Å². The Bertz CT molecular complexity index is 513. The SMILES string of the molecule is CCC(Nc1cccnc1Cl)c1ccc(O)cc1. The Morgan fingerprint density at radius 2 is 2.00 bits per heavy atom. The number of phenols is 1. The standard InChI is InChI=1S/C14H15ClN2O/c1-2-12(10-5-7-11(18)8-6-10)17-13-4-3-9-16-14(13)15/h3-9,12,17-18H,2H2,1H3. The summed E-state index contributed by atoms with van der Waals surface area (Å²) in [5.74, 6) is 0.271. The van der Waals surface area contributed by atoms with Crippen molar-refractivity contribution < 1.29 is 5.11 Å². The fourth-order valence-corrected chi connectivity index (χ4v) is 1.98. The largest absolute Gasteiger partial charge is 0.508 e. The molecule has 0 bridgehead atoms. The van der Waals surface area contributed by atoms with Crippen molar-refractivity contribution in [3.63, 3.8) is 0 Å². The van der Waals surface area contributed by atoms with Gasteiger partial charge in [-0.2, -0.15) is 0 Å². The van der Waals surface area contributed by atoms with E-state index < -0.39 is 0 Å². The summed E-state index contributed by atoms with van der Waals surface area (Å²) in [5, 5.41) is 13.1. The van der Waals surface area contributed by atoms with E-state index in [-0.39, 0.29) is 11.8 Å². The summed E-state index contributed by atoms with van der Waals surface area (Å²) in [7, 11) is 0. The number of halogens is 1. The van der Waals surface area contributed by atoms with Crippen LogP contribution < -0.4 is 5.32 Å². The highest BCUT2D eigenvalue weighted by atomic mass is 35.5. The third kappa shape index (κ3) is 2.93. The Morgan fingerprint density at radius 3 is 2.61 bits per heavy atom. The highest BCUT2D eigenvalue weighted by Crippen LogP contribution is 2.27. The number of nitrogens with one attached hydrogen (secondary N) is 1. The Morgan fingerprint density at radius 1 is 1.28 bits per heavy atom. The number of rotatable bonds is 4. The van der Waals surface area contributed by atoms with E-state index in [1.165, 1.54) is 0 Å². The molecule has 0 spiro atoms. The molecule has 0 aliphatic carbocycles. The lowest BCUT2D eigenvalue weighted by Gasteiger charge is -2.19. The molecule has 0 aliphatic rings. The molecule has 0 fully saturated rings. The average Bonchev–Trinajstić information content (AvgIpc) is 2.39. The van der Waals surface area contributed by atoms with Gasteiger partial charge in [0.1, 0.15) is 5.75 Å². The van der Waals surface area contributed by atoms with Crippen molar-refractivity contribution in [3.05, 3.63) is 53.3 Å². The molecule has 94 valence electrons. The van der Waals surface area contributed by atoms with Crippen LogP contribution in [0, 0.1) is 0 Å². The van der Waals surface area contributed by atoms with Crippen molar-refractivity contribution in [1.82, 2.24) is 4.98 Å². The van der Waals surface area contributed by atoms with E-state index in [1.54, 1.807) is 18.3 Å². The fourth-order valence-electron chi connectivity index (χ4n) is 1.81. The van der Waals surface area contributed by atoms with Crippen molar-refractivity contribution in [2.45, 2.75) is 19.4 Å². The van der Waals surface area contributed by atoms with E-state index in [0.29, 0.717) is 5.15 Å². The van der Waals surface area contributed by atoms with Crippen LogP contribution in [0.4, 0.5) is 5.69 Å². The van der Waals surface area contributed by atoms with Gasteiger partial charge in [-0.05, 0) is 36.2 Å². The number of aromatic hydroxyl groups is 1. The lowest BCUT2D eigenvalue weighted by Crippen LogP contribution is -2.10. The van der Waals surface area contributed by atoms with Gasteiger partial charge < -0.3 is 10.4 Å². The monoisotopic (exact) mass is 262 g/mol. The Kier molecular flexibility index (Phi) is 4.05. The van der Waals surface area contributed by atoms with Crippen LogP contribution in [-0.2, 0) is 0 Å². The molecule has 1 heterocycles. The van der Waals surface area contributed by atoms with E-state index in [1.807, 2.05) is 24.3 Å². The van der Waals surface area contributed by atoms with E-state index in [9.17, 15) is 5.11 Å². The molecule has 2 rings (SSSR count). The number of aromatic nitrogens is 1. The van der Waals surface area contributed by atoms with Crippen molar-refractivity contribution in [3.8, 4) is 5.75 Å². The Hall–Kier alpha value is -1.74. The lowest BCUT2D eigenvalue weighted by atomic mass is 10.0. The molecule has 0 saturated heterocycles. The number of hydrogen-bond acceptors (Lipinski definition) is 3. The molecule has 4 heteroatoms. The van der Waals surface area contributed by atoms with E-state index in [4.69, 9.17) is 11.6 Å². The number of benzene rings is 1. The maximum Gasteiger partial charge on any atom is 0.152 e. The summed E-state index contributed by atoms with van der Waals surface area (Å²) in [6.07, 6.45) is 2.57. The minimum absolute atomic E-state index is 0.146. The van der Waals surface area contributed by atoms with Gasteiger partial charge >= 0.3 is 0 Å². The van der Waals surface area contributed by atoms with Crippen LogP contribution in [0.15, 0.2) is 42.6 Å². The van der Waals surface area contributed by atoms with Gasteiger partial charge in [-0.25, -0.2) is 4.98 Å². The number of hydrogen-bond donors (Lipinski definition) is 2. The van der Waals surface area contributed by atoms with Gasteiger partial charge in [0.15, 0.2) is 5.15 Å². The first-order chi connectivity index (χ1) is 8.70. The second-order valence-corrected chi connectivity index (χ2v) is 4.40. The summed E-state index contributed by atoms with van der Waals surface area (Å²) < 4.78 is 0. The molecule has 0 saturated carbocycles. The van der Waals surface area contributed by atoms with Crippen LogP contribution in [0.5, 0.6) is 5.75 Å². The first-order valence-electron chi connectivity index (χ1n) is 5.86. The molecular formula is C14H15ClN2O. The predicted molar refractivity (Wildman–Crippen MR) is 74.0 cm³/mol. The zero-order valence-electron chi connectivity index (χ0n) is 10.1. The molecule has 0 aliphatic heterocycles. The second kappa shape index (κ2) is 5.74. The number of anilines is 1. The molecule has 1 aromatic heterocycles. The third-order valence-corrected chi connectivity index (χ3v) is 3.09. The van der Waals surface area contributed by atoms with E-state index in [0.717, 1.165) is 17.7 Å². The number of pyridine rings is 1. The first-order valence-corrected chi connectivity index (χ1v) is 6.24. The van der Waals surface area contributed by atoms with Crippen LogP contribution in [-0.4, -0.2) is 10.1 Å². The summed E-state index contributed by atoms with van der Waals surface area (Å²) in [6, 6.07) is 11.1. The lowest BCUT2D eigenvalue weighted by molar-refractivity contribution is 0.475. The average molecular weight is 263 g/mol. The normalized spacial score (nSPS) is 12.1. The molecule has 0 amide bonds. The maximum atomic E-state index is 9.29. The molecule has 2 aromatic rings. The second-order valence-electron chi connectivity index (χ2n) is 4.04. The van der Waals surface area contributed by atoms with Gasteiger partial charge in [-0.1, -0.05) is 30.7 Å². The third-order valence-electron chi connectivity index (χ3n) is 2.79. The summed E-state index contributed by atoms with van der Waals surface area (Å²) in [4.78, 5) is 4.04. The summed E-state index contributed by atoms with van der Waals surface area (Å²) >= 11 is 6.02. The van der Waals surface area contributed by atoms with Gasteiger partial charge in [-0.3, -0.25) is 0 Å². The Labute approximate surface area is 111 Å². The minimum atomic E-state index is 0.146. The molecule has 1 unspecified atom stereocenters. The number of phenolic OH excluding ortho intramolecular Hbond substituents is 1. The van der Waals surface area contributed by atoms with Crippen LogP contribution in [0.25, 0.3) is 0 Å². The molecule has 18 heavy (non-hydrogen) atoms. The van der Waals surface area contributed by atoms with Crippen molar-refractivity contribution in [1.29, 1.82) is 0 Å². The minimum Gasteiger partial charge on any atom is -0.508 e. The molecule has 1 atom stereocenters. The maximum absolute atomic E-state index is 9.29. The van der Waals surface area contributed by atoms with Gasteiger partial charge in [-0.15, -0.1) is 0 Å². The summed E-state index contributed by atoms with van der Waals surface area (Å²) in [5.41, 5.74) is 1.93. The first kappa shape index (κ1) is 12.7. The van der Waals surface area contributed by atoms with Crippen LogP contribution in [0.2, 0.25) is 5.15 Å². The van der Waals surface area contributed by atoms with Crippen molar-refractivity contribution >= 4 is 17.3 Å². The highest BCUT2D eigenvalue weighted by molar-refractivity contribution is 6.31. The van der Waals surface area contributed by atoms with Crippen LogP contribution in [0.1, 0.15) is 24.9 Å². The molecular weight excluding hydrogens is 248 g/mol.